The van der Waals surface area contributed by atoms with Crippen LogP contribution < -0.4 is 5.73 Å². The van der Waals surface area contributed by atoms with E-state index in [0.29, 0.717) is 12.3 Å². The largest absolute Gasteiger partial charge is 0.396 e. The van der Waals surface area contributed by atoms with Crippen LogP contribution in [0.15, 0.2) is 0 Å². The lowest BCUT2D eigenvalue weighted by molar-refractivity contribution is -0.138. The van der Waals surface area contributed by atoms with E-state index in [9.17, 15) is 4.79 Å². The summed E-state index contributed by atoms with van der Waals surface area (Å²) in [6.07, 6.45) is 2.41. The third-order valence-electron chi connectivity index (χ3n) is 3.11. The Bertz CT molecular complexity index is 219. The van der Waals surface area contributed by atoms with Crippen LogP contribution in [0, 0.1) is 5.92 Å². The molecule has 0 aromatic rings. The molecule has 1 fully saturated rings. The maximum absolute atomic E-state index is 11.9. The molecule has 0 bridgehead atoms. The smallest absolute Gasteiger partial charge is 0.239 e. The molecule has 1 aliphatic rings. The van der Waals surface area contributed by atoms with Gasteiger partial charge in [-0.1, -0.05) is 13.8 Å². The van der Waals surface area contributed by atoms with Crippen molar-refractivity contribution in [2.45, 2.75) is 45.2 Å². The van der Waals surface area contributed by atoms with Gasteiger partial charge in [-0.15, -0.1) is 0 Å². The molecule has 1 rings (SSSR count). The highest BCUT2D eigenvalue weighted by atomic mass is 16.3. The Labute approximate surface area is 91.4 Å². The summed E-state index contributed by atoms with van der Waals surface area (Å²) in [7, 11) is 0. The normalized spacial score (nSPS) is 24.7. The summed E-state index contributed by atoms with van der Waals surface area (Å²) in [5.74, 6) is 0.416. The number of rotatable bonds is 4. The van der Waals surface area contributed by atoms with Gasteiger partial charge in [0.1, 0.15) is 0 Å². The van der Waals surface area contributed by atoms with Crippen molar-refractivity contribution in [3.63, 3.8) is 0 Å². The van der Waals surface area contributed by atoms with Crippen molar-refractivity contribution >= 4 is 5.91 Å². The van der Waals surface area contributed by atoms with Gasteiger partial charge in [-0.3, -0.25) is 4.79 Å². The maximum Gasteiger partial charge on any atom is 0.239 e. The minimum absolute atomic E-state index is 0.0494. The second-order valence-corrected chi connectivity index (χ2v) is 4.60. The molecule has 0 aromatic carbocycles. The van der Waals surface area contributed by atoms with Gasteiger partial charge in [0.25, 0.3) is 0 Å². The summed E-state index contributed by atoms with van der Waals surface area (Å²) in [6, 6.07) is -0.201. The minimum Gasteiger partial charge on any atom is -0.396 e. The van der Waals surface area contributed by atoms with Crippen molar-refractivity contribution in [1.82, 2.24) is 4.90 Å². The first-order chi connectivity index (χ1) is 7.07. The highest BCUT2D eigenvalue weighted by Gasteiger charge is 2.31. The molecule has 0 spiro atoms. The van der Waals surface area contributed by atoms with Crippen LogP contribution in [0.25, 0.3) is 0 Å². The van der Waals surface area contributed by atoms with Crippen molar-refractivity contribution in [3.8, 4) is 0 Å². The number of nitrogens with zero attached hydrogens (tertiary/aromatic N) is 1. The Balaban J connectivity index is 2.68. The SMILES string of the molecule is CC(C)C(CCO)N1CCCC(N)C1=O. The topological polar surface area (TPSA) is 66.6 Å². The van der Waals surface area contributed by atoms with Crippen LogP contribution in [-0.4, -0.2) is 41.1 Å². The van der Waals surface area contributed by atoms with Crippen molar-refractivity contribution in [2.75, 3.05) is 13.2 Å². The number of carbonyl (C=O) groups excluding carboxylic acids is 1. The lowest BCUT2D eigenvalue weighted by Gasteiger charge is -2.38. The monoisotopic (exact) mass is 214 g/mol. The van der Waals surface area contributed by atoms with Crippen LogP contribution in [-0.2, 0) is 4.79 Å². The lowest BCUT2D eigenvalue weighted by Crippen LogP contribution is -2.54. The first-order valence-electron chi connectivity index (χ1n) is 5.74. The zero-order chi connectivity index (χ0) is 11.4. The number of nitrogens with two attached hydrogens (primary N) is 1. The fourth-order valence-electron chi connectivity index (χ4n) is 2.24. The van der Waals surface area contributed by atoms with Gasteiger partial charge in [0, 0.05) is 19.2 Å². The number of amides is 1. The molecule has 4 nitrogen and oxygen atoms in total. The number of piperidine rings is 1. The molecule has 2 atom stereocenters. The van der Waals surface area contributed by atoms with Gasteiger partial charge in [0.15, 0.2) is 0 Å². The molecule has 88 valence electrons. The third-order valence-corrected chi connectivity index (χ3v) is 3.11. The second kappa shape index (κ2) is 5.47. The van der Waals surface area contributed by atoms with Crippen LogP contribution in [0.4, 0.5) is 0 Å². The van der Waals surface area contributed by atoms with E-state index >= 15 is 0 Å². The summed E-state index contributed by atoms with van der Waals surface area (Å²) in [6.45, 7) is 5.07. The number of aliphatic hydroxyl groups is 1. The number of carbonyl (C=O) groups is 1. The summed E-state index contributed by atoms with van der Waals surface area (Å²) in [5.41, 5.74) is 5.75. The lowest BCUT2D eigenvalue weighted by atomic mass is 9.95. The molecule has 1 aliphatic heterocycles. The fourth-order valence-corrected chi connectivity index (χ4v) is 2.24. The van der Waals surface area contributed by atoms with Crippen LogP contribution >= 0.6 is 0 Å². The second-order valence-electron chi connectivity index (χ2n) is 4.60. The standard InChI is InChI=1S/C11H22N2O2/c1-8(2)10(5-7-14)13-6-3-4-9(12)11(13)15/h8-10,14H,3-7,12H2,1-2H3. The third kappa shape index (κ3) is 2.92. The maximum atomic E-state index is 11.9. The highest BCUT2D eigenvalue weighted by molar-refractivity contribution is 5.82. The van der Waals surface area contributed by atoms with E-state index in [0.717, 1.165) is 19.4 Å². The summed E-state index contributed by atoms with van der Waals surface area (Å²) < 4.78 is 0. The van der Waals surface area contributed by atoms with Crippen molar-refractivity contribution in [1.29, 1.82) is 0 Å². The minimum atomic E-state index is -0.335. The summed E-state index contributed by atoms with van der Waals surface area (Å²) in [5, 5.41) is 9.00. The van der Waals surface area contributed by atoms with E-state index in [1.807, 2.05) is 4.90 Å². The van der Waals surface area contributed by atoms with Crippen LogP contribution in [0.5, 0.6) is 0 Å². The van der Waals surface area contributed by atoms with Gasteiger partial charge in [0.05, 0.1) is 6.04 Å². The quantitative estimate of drug-likeness (QED) is 0.709. The Morgan fingerprint density at radius 2 is 2.27 bits per heavy atom. The molecular formula is C11H22N2O2. The first kappa shape index (κ1) is 12.5. The molecule has 0 aromatic heterocycles. The molecule has 1 amide bonds. The summed E-state index contributed by atoms with van der Waals surface area (Å²) >= 11 is 0. The molecule has 0 aliphatic carbocycles. The van der Waals surface area contributed by atoms with Gasteiger partial charge in [-0.2, -0.15) is 0 Å². The van der Waals surface area contributed by atoms with E-state index in [-0.39, 0.29) is 24.6 Å². The van der Waals surface area contributed by atoms with Gasteiger partial charge in [0.2, 0.25) is 5.91 Å². The fraction of sp³-hybridized carbons (Fsp3) is 0.909. The molecular weight excluding hydrogens is 192 g/mol. The van der Waals surface area contributed by atoms with Gasteiger partial charge in [-0.25, -0.2) is 0 Å². The predicted molar refractivity (Wildman–Crippen MR) is 59.3 cm³/mol. The number of hydrogen-bond acceptors (Lipinski definition) is 3. The van der Waals surface area contributed by atoms with Gasteiger partial charge in [-0.05, 0) is 25.2 Å². The zero-order valence-corrected chi connectivity index (χ0v) is 9.65. The van der Waals surface area contributed by atoms with E-state index in [1.165, 1.54) is 0 Å². The molecule has 0 saturated carbocycles. The van der Waals surface area contributed by atoms with E-state index < -0.39 is 0 Å². The van der Waals surface area contributed by atoms with Crippen molar-refractivity contribution in [2.24, 2.45) is 11.7 Å². The molecule has 2 unspecified atom stereocenters. The highest BCUT2D eigenvalue weighted by Crippen LogP contribution is 2.20. The predicted octanol–water partition coefficient (Wildman–Crippen LogP) is 0.343. The molecule has 4 heteroatoms. The van der Waals surface area contributed by atoms with Crippen LogP contribution in [0.3, 0.4) is 0 Å². The Hall–Kier alpha value is -0.610. The average molecular weight is 214 g/mol. The van der Waals surface area contributed by atoms with Crippen LogP contribution in [0.1, 0.15) is 33.1 Å². The van der Waals surface area contributed by atoms with E-state index in [4.69, 9.17) is 10.8 Å². The first-order valence-corrected chi connectivity index (χ1v) is 5.74. The molecule has 1 saturated heterocycles. The molecule has 3 N–H and O–H groups in total. The van der Waals surface area contributed by atoms with E-state index in [1.54, 1.807) is 0 Å². The molecule has 1 heterocycles. The average Bonchev–Trinajstić information content (AvgIpc) is 2.19. The Morgan fingerprint density at radius 1 is 1.60 bits per heavy atom. The Morgan fingerprint density at radius 3 is 2.80 bits per heavy atom. The Kier molecular flexibility index (Phi) is 4.54. The summed E-state index contributed by atoms with van der Waals surface area (Å²) in [4.78, 5) is 13.7. The number of likely N-dealkylation sites (tertiary alicyclic amines) is 1. The number of hydrogen-bond donors (Lipinski definition) is 2. The van der Waals surface area contributed by atoms with Crippen molar-refractivity contribution < 1.29 is 9.90 Å². The van der Waals surface area contributed by atoms with Crippen molar-refractivity contribution in [3.05, 3.63) is 0 Å². The van der Waals surface area contributed by atoms with Crippen LogP contribution in [0.2, 0.25) is 0 Å². The van der Waals surface area contributed by atoms with E-state index in [2.05, 4.69) is 13.8 Å². The van der Waals surface area contributed by atoms with Gasteiger partial charge >= 0.3 is 0 Å². The number of aliphatic hydroxyl groups excluding tert-OH is 1. The molecule has 15 heavy (non-hydrogen) atoms. The van der Waals surface area contributed by atoms with Gasteiger partial charge < -0.3 is 15.7 Å². The molecule has 0 radical (unpaired) electrons. The zero-order valence-electron chi connectivity index (χ0n) is 9.65.